The molecular weight excluding hydrogens is 437 g/mol. The van der Waals surface area contributed by atoms with E-state index in [9.17, 15) is 4.39 Å². The first kappa shape index (κ1) is 22.5. The summed E-state index contributed by atoms with van der Waals surface area (Å²) in [5, 5.41) is 0. The summed E-state index contributed by atoms with van der Waals surface area (Å²) in [5.74, 6) is 0.200. The van der Waals surface area contributed by atoms with Crippen molar-refractivity contribution in [2.45, 2.75) is 30.2 Å². The molecule has 0 radical (unpaired) electrons. The van der Waals surface area contributed by atoms with Gasteiger partial charge in [0.15, 0.2) is 0 Å². The Bertz CT molecular complexity index is 1270. The third-order valence-electron chi connectivity index (χ3n) is 6.76. The van der Waals surface area contributed by atoms with Crippen molar-refractivity contribution >= 4 is 18.3 Å². The Kier molecular flexibility index (Phi) is 6.55. The van der Waals surface area contributed by atoms with E-state index < -0.39 is 0 Å². The van der Waals surface area contributed by atoms with Crippen molar-refractivity contribution in [1.82, 2.24) is 0 Å². The molecule has 1 heterocycles. The van der Waals surface area contributed by atoms with Crippen LogP contribution in [0.4, 0.5) is 10.1 Å². The van der Waals surface area contributed by atoms with Gasteiger partial charge in [-0.25, -0.2) is 4.39 Å². The van der Waals surface area contributed by atoms with Crippen LogP contribution in [-0.4, -0.2) is 0 Å². The Morgan fingerprint density at radius 1 is 0.794 bits per heavy atom. The fourth-order valence-corrected chi connectivity index (χ4v) is 5.22. The van der Waals surface area contributed by atoms with Crippen molar-refractivity contribution < 1.29 is 4.39 Å². The summed E-state index contributed by atoms with van der Waals surface area (Å²) >= 11 is 4.48. The molecule has 170 valence electrons. The number of rotatable bonds is 7. The molecule has 0 bridgehead atoms. The van der Waals surface area contributed by atoms with E-state index >= 15 is 0 Å². The van der Waals surface area contributed by atoms with Gasteiger partial charge < -0.3 is 4.90 Å². The van der Waals surface area contributed by atoms with Gasteiger partial charge in [-0.1, -0.05) is 73.3 Å². The predicted octanol–water partition coefficient (Wildman–Crippen LogP) is 8.50. The molecule has 0 aliphatic carbocycles. The lowest BCUT2D eigenvalue weighted by Gasteiger charge is -2.52. The molecule has 4 aromatic rings. The number of aryl methyl sites for hydroxylation is 1. The molecule has 1 nitrogen and oxygen atoms in total. The van der Waals surface area contributed by atoms with Crippen LogP contribution < -0.4 is 4.90 Å². The number of nitrogens with zero attached hydrogens (tertiary/aromatic N) is 1. The maximum absolute atomic E-state index is 13.2. The molecule has 0 saturated carbocycles. The van der Waals surface area contributed by atoms with Crippen molar-refractivity contribution in [2.75, 3.05) is 4.90 Å². The number of para-hydroxylation sites is 1. The smallest absolute Gasteiger partial charge is 0.123 e. The van der Waals surface area contributed by atoms with Crippen molar-refractivity contribution in [2.24, 2.45) is 5.92 Å². The monoisotopic (exact) mass is 465 g/mol. The van der Waals surface area contributed by atoms with Crippen LogP contribution in [0, 0.1) is 11.7 Å². The van der Waals surface area contributed by atoms with E-state index in [1.54, 1.807) is 12.1 Å². The van der Waals surface area contributed by atoms with Crippen LogP contribution in [0.1, 0.15) is 30.0 Å². The Balaban J connectivity index is 1.37. The first-order chi connectivity index (χ1) is 16.6. The topological polar surface area (TPSA) is 3.24 Å². The molecule has 4 aromatic carbocycles. The van der Waals surface area contributed by atoms with Crippen molar-refractivity contribution in [1.29, 1.82) is 0 Å². The molecule has 34 heavy (non-hydrogen) atoms. The van der Waals surface area contributed by atoms with Gasteiger partial charge >= 0.3 is 0 Å². The zero-order valence-electron chi connectivity index (χ0n) is 19.1. The van der Waals surface area contributed by atoms with E-state index in [2.05, 4.69) is 84.8 Å². The Morgan fingerprint density at radius 2 is 1.53 bits per heavy atom. The zero-order chi connectivity index (χ0) is 23.5. The van der Waals surface area contributed by atoms with Crippen LogP contribution in [0.25, 0.3) is 11.1 Å². The number of anilines is 1. The van der Waals surface area contributed by atoms with Crippen LogP contribution in [0.2, 0.25) is 0 Å². The van der Waals surface area contributed by atoms with Crippen LogP contribution in [0.15, 0.2) is 120 Å². The maximum Gasteiger partial charge on any atom is 0.123 e. The highest BCUT2D eigenvalue weighted by Gasteiger charge is 2.43. The van der Waals surface area contributed by atoms with Gasteiger partial charge in [0.05, 0.1) is 6.04 Å². The van der Waals surface area contributed by atoms with Crippen LogP contribution in [0.3, 0.4) is 0 Å². The zero-order valence-corrected chi connectivity index (χ0v) is 20.0. The SMILES string of the molecule is C=C1C(CCCc2ccc(F)cc2)C(c2ccc(-c3cccc(S)c3)cc2)N1c1ccccc1. The standard InChI is InChI=1S/C31H28FNS/c1-22-30(12-5-7-23-13-19-27(32)20-14-23)31(33(22)28-9-3-2-4-10-28)25-17-15-24(16-18-25)26-8-6-11-29(34)21-26/h2-4,6,8-11,13-21,30-31,34H,1,5,7,12H2. The highest BCUT2D eigenvalue weighted by Crippen LogP contribution is 2.51. The number of benzene rings is 4. The fraction of sp³-hybridized carbons (Fsp3) is 0.161. The lowest BCUT2D eigenvalue weighted by Crippen LogP contribution is -2.47. The first-order valence-corrected chi connectivity index (χ1v) is 12.2. The van der Waals surface area contributed by atoms with Crippen LogP contribution >= 0.6 is 12.6 Å². The second-order valence-corrected chi connectivity index (χ2v) is 9.46. The summed E-state index contributed by atoms with van der Waals surface area (Å²) in [7, 11) is 0. The molecule has 1 aliphatic rings. The second kappa shape index (κ2) is 9.90. The van der Waals surface area contributed by atoms with Crippen molar-refractivity contribution in [3.05, 3.63) is 132 Å². The van der Waals surface area contributed by atoms with Gasteiger partial charge in [-0.15, -0.1) is 12.6 Å². The summed E-state index contributed by atoms with van der Waals surface area (Å²) < 4.78 is 13.2. The summed E-state index contributed by atoms with van der Waals surface area (Å²) in [6.07, 6.45) is 3.04. The Labute approximate surface area is 207 Å². The quantitative estimate of drug-likeness (QED) is 0.268. The minimum absolute atomic E-state index is 0.181. The summed E-state index contributed by atoms with van der Waals surface area (Å²) in [6.45, 7) is 4.46. The Morgan fingerprint density at radius 3 is 2.24 bits per heavy atom. The summed E-state index contributed by atoms with van der Waals surface area (Å²) in [4.78, 5) is 3.33. The molecule has 2 atom stereocenters. The molecule has 1 fully saturated rings. The van der Waals surface area contributed by atoms with Gasteiger partial charge in [0.2, 0.25) is 0 Å². The minimum Gasteiger partial charge on any atom is -0.337 e. The number of halogens is 1. The Hall–Kier alpha value is -3.30. The molecule has 5 rings (SSSR count). The maximum atomic E-state index is 13.2. The number of hydrogen-bond donors (Lipinski definition) is 1. The number of thiol groups is 1. The van der Waals surface area contributed by atoms with E-state index in [-0.39, 0.29) is 11.9 Å². The lowest BCUT2D eigenvalue weighted by atomic mass is 9.76. The van der Waals surface area contributed by atoms with Gasteiger partial charge in [-0.2, -0.15) is 0 Å². The van der Waals surface area contributed by atoms with E-state index in [1.165, 1.54) is 33.6 Å². The summed E-state index contributed by atoms with van der Waals surface area (Å²) in [5.41, 5.74) is 7.19. The van der Waals surface area contributed by atoms with Crippen molar-refractivity contribution in [3.63, 3.8) is 0 Å². The van der Waals surface area contributed by atoms with E-state index in [1.807, 2.05) is 30.3 Å². The van der Waals surface area contributed by atoms with Crippen LogP contribution in [0.5, 0.6) is 0 Å². The van der Waals surface area contributed by atoms with Gasteiger partial charge in [-0.3, -0.25) is 0 Å². The molecule has 2 unspecified atom stereocenters. The van der Waals surface area contributed by atoms with E-state index in [0.29, 0.717) is 5.92 Å². The van der Waals surface area contributed by atoms with E-state index in [4.69, 9.17) is 0 Å². The van der Waals surface area contributed by atoms with Crippen molar-refractivity contribution in [3.8, 4) is 11.1 Å². The molecule has 1 saturated heterocycles. The molecule has 3 heteroatoms. The highest BCUT2D eigenvalue weighted by molar-refractivity contribution is 7.80. The van der Waals surface area contributed by atoms with Gasteiger partial charge in [0, 0.05) is 22.2 Å². The predicted molar refractivity (Wildman–Crippen MR) is 143 cm³/mol. The fourth-order valence-electron chi connectivity index (χ4n) is 4.99. The normalized spacial score (nSPS) is 17.5. The molecule has 0 amide bonds. The molecule has 0 aromatic heterocycles. The average molecular weight is 466 g/mol. The van der Waals surface area contributed by atoms with E-state index in [0.717, 1.165) is 24.2 Å². The number of hydrogen-bond acceptors (Lipinski definition) is 2. The molecule has 0 spiro atoms. The van der Waals surface area contributed by atoms with Crippen LogP contribution in [-0.2, 0) is 6.42 Å². The molecule has 1 aliphatic heterocycles. The molecular formula is C31H28FNS. The van der Waals surface area contributed by atoms with Gasteiger partial charge in [0.25, 0.3) is 0 Å². The molecule has 0 N–H and O–H groups in total. The average Bonchev–Trinajstić information content (AvgIpc) is 2.87. The lowest BCUT2D eigenvalue weighted by molar-refractivity contribution is 0.341. The largest absolute Gasteiger partial charge is 0.337 e. The second-order valence-electron chi connectivity index (χ2n) is 8.94. The first-order valence-electron chi connectivity index (χ1n) is 11.8. The van der Waals surface area contributed by atoms with Gasteiger partial charge in [0.1, 0.15) is 5.82 Å². The third kappa shape index (κ3) is 4.67. The minimum atomic E-state index is -0.181. The van der Waals surface area contributed by atoms with Gasteiger partial charge in [-0.05, 0) is 77.9 Å². The summed E-state index contributed by atoms with van der Waals surface area (Å²) in [6, 6.07) is 34.8. The highest BCUT2D eigenvalue weighted by atomic mass is 32.1. The third-order valence-corrected chi connectivity index (χ3v) is 7.03.